The summed E-state index contributed by atoms with van der Waals surface area (Å²) in [5, 5.41) is 15.8. The molecular weight excluding hydrogens is 514 g/mol. The minimum atomic E-state index is -1.01. The van der Waals surface area contributed by atoms with Crippen LogP contribution in [0.3, 0.4) is 0 Å². The minimum absolute atomic E-state index is 0.0181. The highest BCUT2D eigenvalue weighted by molar-refractivity contribution is 7.80. The van der Waals surface area contributed by atoms with Crippen molar-refractivity contribution in [2.24, 2.45) is 0 Å². The van der Waals surface area contributed by atoms with Gasteiger partial charge in [0.05, 0.1) is 0 Å². The number of carbonyl (C=O) groups is 3. The third-order valence-electron chi connectivity index (χ3n) is 6.21. The van der Waals surface area contributed by atoms with Gasteiger partial charge in [-0.3, -0.25) is 9.59 Å². The lowest BCUT2D eigenvalue weighted by Gasteiger charge is -2.34. The van der Waals surface area contributed by atoms with Gasteiger partial charge in [0, 0.05) is 18.0 Å². The average Bonchev–Trinajstić information content (AvgIpc) is 2.86. The zero-order valence-corrected chi connectivity index (χ0v) is 24.8. The normalized spacial score (nSPS) is 12.8. The summed E-state index contributed by atoms with van der Waals surface area (Å²) in [6.07, 6.45) is 2.83. The van der Waals surface area contributed by atoms with Gasteiger partial charge < -0.3 is 25.4 Å². The molecule has 2 atom stereocenters. The molecule has 0 aromatic heterocycles. The summed E-state index contributed by atoms with van der Waals surface area (Å²) in [6, 6.07) is 10.3. The Morgan fingerprint density at radius 2 is 1.72 bits per heavy atom. The Balaban J connectivity index is 2.52. The number of alkyl carbamates (subject to hydrolysis) is 1. The molecule has 3 amide bonds. The lowest BCUT2D eigenvalue weighted by molar-refractivity contribution is -0.140. The fraction of sp³-hybridized carbons (Fsp3) is 0.500. The minimum Gasteiger partial charge on any atom is -0.508 e. The van der Waals surface area contributed by atoms with Gasteiger partial charge in [0.15, 0.2) is 0 Å². The largest absolute Gasteiger partial charge is 0.508 e. The van der Waals surface area contributed by atoms with Crippen LogP contribution in [0.25, 0.3) is 0 Å². The van der Waals surface area contributed by atoms with Gasteiger partial charge in [-0.15, -0.1) is 0 Å². The maximum Gasteiger partial charge on any atom is 0.408 e. The molecule has 0 saturated carbocycles. The maximum absolute atomic E-state index is 14.0. The number of rotatable bonds is 12. The number of phenols is 1. The highest BCUT2D eigenvalue weighted by Gasteiger charge is 2.36. The molecule has 0 heterocycles. The second-order valence-electron chi connectivity index (χ2n) is 10.7. The molecule has 0 bridgehead atoms. The first-order chi connectivity index (χ1) is 18.4. The standard InChI is InChI=1S/C30H43N3O5S/c1-7-8-9-12-17-33(28(36)24(19-39)32-29(37)38-30(4,5)6)26(22-15-16-25(34)21(3)18-22)27(35)31-23-14-11-10-13-20(23)2/h10-11,13-16,18,24,26,34,39H,7-9,12,17,19H2,1-6H3,(H,31,35)(H,32,37). The van der Waals surface area contributed by atoms with E-state index in [1.807, 2.05) is 25.1 Å². The van der Waals surface area contributed by atoms with Crippen LogP contribution < -0.4 is 10.6 Å². The van der Waals surface area contributed by atoms with Crippen molar-refractivity contribution in [3.8, 4) is 5.75 Å². The molecule has 2 aromatic rings. The second kappa shape index (κ2) is 14.8. The Morgan fingerprint density at radius 3 is 2.31 bits per heavy atom. The molecule has 39 heavy (non-hydrogen) atoms. The fourth-order valence-electron chi connectivity index (χ4n) is 4.15. The Kier molecular flexibility index (Phi) is 12.2. The van der Waals surface area contributed by atoms with Gasteiger partial charge in [0.2, 0.25) is 5.91 Å². The lowest BCUT2D eigenvalue weighted by atomic mass is 9.99. The number of aromatic hydroxyl groups is 1. The van der Waals surface area contributed by atoms with Crippen LogP contribution in [-0.2, 0) is 14.3 Å². The summed E-state index contributed by atoms with van der Waals surface area (Å²) in [4.78, 5) is 42.0. The monoisotopic (exact) mass is 557 g/mol. The van der Waals surface area contributed by atoms with Crippen LogP contribution in [-0.4, -0.2) is 51.9 Å². The van der Waals surface area contributed by atoms with Crippen LogP contribution in [0.4, 0.5) is 10.5 Å². The predicted octanol–water partition coefficient (Wildman–Crippen LogP) is 5.92. The molecule has 0 spiro atoms. The number of amides is 3. The van der Waals surface area contributed by atoms with E-state index in [-0.39, 0.29) is 11.5 Å². The third-order valence-corrected chi connectivity index (χ3v) is 6.57. The average molecular weight is 558 g/mol. The third kappa shape index (κ3) is 9.80. The van der Waals surface area contributed by atoms with Gasteiger partial charge in [-0.1, -0.05) is 50.5 Å². The first kappa shape index (κ1) is 32.0. The van der Waals surface area contributed by atoms with Gasteiger partial charge in [0.1, 0.15) is 23.4 Å². The number of nitrogens with zero attached hydrogens (tertiary/aromatic N) is 1. The number of phenolic OH excluding ortho intramolecular Hbond substituents is 1. The summed E-state index contributed by atoms with van der Waals surface area (Å²) < 4.78 is 5.36. The number of anilines is 1. The quantitative estimate of drug-likeness (QED) is 0.191. The SMILES string of the molecule is CCCCCCN(C(=O)C(CS)NC(=O)OC(C)(C)C)C(C(=O)Nc1ccccc1C)c1ccc(O)c(C)c1. The van der Waals surface area contributed by atoms with E-state index in [0.717, 1.165) is 24.8 Å². The van der Waals surface area contributed by atoms with Crippen LogP contribution in [0, 0.1) is 13.8 Å². The number of thiol groups is 1. The summed E-state index contributed by atoms with van der Waals surface area (Å²) in [5.74, 6) is -0.724. The molecule has 2 aromatic carbocycles. The number of nitrogens with one attached hydrogen (secondary N) is 2. The van der Waals surface area contributed by atoms with Gasteiger partial charge in [-0.2, -0.15) is 12.6 Å². The van der Waals surface area contributed by atoms with Crippen molar-refractivity contribution < 1.29 is 24.2 Å². The molecule has 0 radical (unpaired) electrons. The number of carbonyl (C=O) groups excluding carboxylic acids is 3. The molecule has 214 valence electrons. The van der Waals surface area contributed by atoms with Crippen LogP contribution >= 0.6 is 12.6 Å². The number of ether oxygens (including phenoxy) is 1. The van der Waals surface area contributed by atoms with Crippen molar-refractivity contribution in [2.75, 3.05) is 17.6 Å². The van der Waals surface area contributed by atoms with Crippen molar-refractivity contribution in [3.63, 3.8) is 0 Å². The zero-order valence-electron chi connectivity index (χ0n) is 23.9. The molecule has 0 aliphatic heterocycles. The van der Waals surface area contributed by atoms with E-state index < -0.39 is 35.6 Å². The van der Waals surface area contributed by atoms with E-state index in [1.165, 1.54) is 11.0 Å². The number of hydrogen-bond acceptors (Lipinski definition) is 6. The van der Waals surface area contributed by atoms with Crippen molar-refractivity contribution in [2.45, 2.75) is 84.9 Å². The molecule has 8 nitrogen and oxygen atoms in total. The zero-order chi connectivity index (χ0) is 29.2. The van der Waals surface area contributed by atoms with Crippen LogP contribution in [0.5, 0.6) is 5.75 Å². The first-order valence-corrected chi connectivity index (χ1v) is 14.1. The van der Waals surface area contributed by atoms with E-state index in [4.69, 9.17) is 4.74 Å². The molecule has 9 heteroatoms. The van der Waals surface area contributed by atoms with Crippen molar-refractivity contribution in [3.05, 3.63) is 59.2 Å². The van der Waals surface area contributed by atoms with Crippen molar-refractivity contribution in [1.29, 1.82) is 0 Å². The van der Waals surface area contributed by atoms with Crippen LogP contribution in [0.1, 0.15) is 76.1 Å². The van der Waals surface area contributed by atoms with E-state index in [0.29, 0.717) is 29.8 Å². The Bertz CT molecular complexity index is 1130. The smallest absolute Gasteiger partial charge is 0.408 e. The molecule has 0 aliphatic carbocycles. The number of para-hydroxylation sites is 1. The Morgan fingerprint density at radius 1 is 1.03 bits per heavy atom. The highest BCUT2D eigenvalue weighted by atomic mass is 32.1. The molecule has 0 saturated heterocycles. The number of unbranched alkanes of at least 4 members (excludes halogenated alkanes) is 3. The van der Waals surface area contributed by atoms with Crippen LogP contribution in [0.2, 0.25) is 0 Å². The first-order valence-electron chi connectivity index (χ1n) is 13.4. The number of benzene rings is 2. The second-order valence-corrected chi connectivity index (χ2v) is 11.1. The predicted molar refractivity (Wildman–Crippen MR) is 158 cm³/mol. The summed E-state index contributed by atoms with van der Waals surface area (Å²) in [6.45, 7) is 11.2. The topological polar surface area (TPSA) is 108 Å². The Labute approximate surface area is 237 Å². The number of hydrogen-bond donors (Lipinski definition) is 4. The van der Waals surface area contributed by atoms with E-state index >= 15 is 0 Å². The molecule has 3 N–H and O–H groups in total. The van der Waals surface area contributed by atoms with Gasteiger partial charge in [-0.25, -0.2) is 4.79 Å². The summed E-state index contributed by atoms with van der Waals surface area (Å²) in [5.41, 5.74) is 1.91. The summed E-state index contributed by atoms with van der Waals surface area (Å²) in [7, 11) is 0. The van der Waals surface area contributed by atoms with E-state index in [1.54, 1.807) is 45.9 Å². The maximum atomic E-state index is 14.0. The van der Waals surface area contributed by atoms with Gasteiger partial charge in [-0.05, 0) is 75.9 Å². The summed E-state index contributed by atoms with van der Waals surface area (Å²) >= 11 is 4.34. The molecule has 0 aliphatic rings. The van der Waals surface area contributed by atoms with Crippen molar-refractivity contribution >= 4 is 36.2 Å². The molecular formula is C30H43N3O5S. The van der Waals surface area contributed by atoms with Crippen molar-refractivity contribution in [1.82, 2.24) is 10.2 Å². The number of aryl methyl sites for hydroxylation is 2. The highest BCUT2D eigenvalue weighted by Crippen LogP contribution is 2.29. The Hall–Kier alpha value is -3.20. The lowest BCUT2D eigenvalue weighted by Crippen LogP contribution is -2.53. The molecule has 2 rings (SSSR count). The van der Waals surface area contributed by atoms with Gasteiger partial charge in [0.25, 0.3) is 5.91 Å². The van der Waals surface area contributed by atoms with Gasteiger partial charge >= 0.3 is 6.09 Å². The van der Waals surface area contributed by atoms with E-state index in [2.05, 4.69) is 30.2 Å². The van der Waals surface area contributed by atoms with E-state index in [9.17, 15) is 19.5 Å². The fourth-order valence-corrected chi connectivity index (χ4v) is 4.39. The van der Waals surface area contributed by atoms with Crippen LogP contribution in [0.15, 0.2) is 42.5 Å². The molecule has 0 fully saturated rings. The molecule has 2 unspecified atom stereocenters.